The summed E-state index contributed by atoms with van der Waals surface area (Å²) in [4.78, 5) is 0. The molecule has 1 atom stereocenters. The van der Waals surface area contributed by atoms with E-state index in [0.29, 0.717) is 6.42 Å². The second-order valence-corrected chi connectivity index (χ2v) is 2.57. The summed E-state index contributed by atoms with van der Waals surface area (Å²) in [6.45, 7) is 0. The van der Waals surface area contributed by atoms with Gasteiger partial charge in [0.1, 0.15) is 5.82 Å². The molecule has 0 amide bonds. The number of nitrogens with zero attached hydrogens (tertiary/aromatic N) is 1. The summed E-state index contributed by atoms with van der Waals surface area (Å²) < 4.78 is 12.6. The first-order chi connectivity index (χ1) is 5.72. The van der Waals surface area contributed by atoms with Gasteiger partial charge in [0.15, 0.2) is 0 Å². The van der Waals surface area contributed by atoms with Gasteiger partial charge in [-0.1, -0.05) is 12.1 Å². The van der Waals surface area contributed by atoms with Gasteiger partial charge in [-0.05, 0) is 17.7 Å². The van der Waals surface area contributed by atoms with Gasteiger partial charge in [-0.3, -0.25) is 0 Å². The zero-order valence-corrected chi connectivity index (χ0v) is 6.50. The van der Waals surface area contributed by atoms with Crippen molar-refractivity contribution in [3.63, 3.8) is 0 Å². The summed E-state index contributed by atoms with van der Waals surface area (Å²) in [6.07, 6.45) is 0.397. The van der Waals surface area contributed by atoms with Crippen LogP contribution in [0.2, 0.25) is 0 Å². The number of nitriles is 1. The van der Waals surface area contributed by atoms with Crippen molar-refractivity contribution in [3.8, 4) is 6.07 Å². The van der Waals surface area contributed by atoms with Crippen LogP contribution in [0.4, 0.5) is 4.39 Å². The topological polar surface area (TPSA) is 49.8 Å². The molecule has 0 saturated heterocycles. The second-order valence-electron chi connectivity index (χ2n) is 2.57. The molecule has 62 valence electrons. The molecule has 1 rings (SSSR count). The van der Waals surface area contributed by atoms with E-state index in [0.717, 1.165) is 5.56 Å². The Morgan fingerprint density at radius 2 is 2.33 bits per heavy atom. The van der Waals surface area contributed by atoms with Gasteiger partial charge in [-0.2, -0.15) is 5.26 Å². The maximum atomic E-state index is 12.6. The number of nitrogens with two attached hydrogens (primary N) is 1. The standard InChI is InChI=1S/C9H9FN2/c10-8-3-1-2-7(4-8)5-9(12)6-11/h1-4,9H,5,12H2/t9-/m0/s1. The minimum Gasteiger partial charge on any atom is -0.316 e. The molecule has 0 saturated carbocycles. The van der Waals surface area contributed by atoms with E-state index in [1.54, 1.807) is 12.1 Å². The van der Waals surface area contributed by atoms with E-state index in [2.05, 4.69) is 0 Å². The average Bonchev–Trinajstić information content (AvgIpc) is 2.04. The molecular weight excluding hydrogens is 155 g/mol. The second kappa shape index (κ2) is 3.84. The first-order valence-electron chi connectivity index (χ1n) is 3.62. The highest BCUT2D eigenvalue weighted by molar-refractivity contribution is 5.18. The SMILES string of the molecule is N#C[C@@H](N)Cc1cccc(F)c1. The van der Waals surface area contributed by atoms with E-state index in [1.807, 2.05) is 6.07 Å². The third-order valence-electron chi connectivity index (χ3n) is 1.51. The van der Waals surface area contributed by atoms with Gasteiger partial charge in [-0.15, -0.1) is 0 Å². The molecule has 2 nitrogen and oxygen atoms in total. The molecular formula is C9H9FN2. The van der Waals surface area contributed by atoms with Gasteiger partial charge >= 0.3 is 0 Å². The van der Waals surface area contributed by atoms with Gasteiger partial charge in [0.25, 0.3) is 0 Å². The van der Waals surface area contributed by atoms with E-state index in [1.165, 1.54) is 12.1 Å². The Hall–Kier alpha value is -1.40. The highest BCUT2D eigenvalue weighted by atomic mass is 19.1. The summed E-state index contributed by atoms with van der Waals surface area (Å²) in [7, 11) is 0. The lowest BCUT2D eigenvalue weighted by atomic mass is 10.1. The molecule has 0 unspecified atom stereocenters. The lowest BCUT2D eigenvalue weighted by Gasteiger charge is -2.01. The predicted octanol–water partition coefficient (Wildman–Crippen LogP) is 1.22. The Kier molecular flexibility index (Phi) is 2.78. The van der Waals surface area contributed by atoms with Crippen LogP contribution in [0, 0.1) is 17.1 Å². The molecule has 0 bridgehead atoms. The molecule has 0 aromatic heterocycles. The number of halogens is 1. The minimum atomic E-state index is -0.549. The normalized spacial score (nSPS) is 12.1. The molecule has 0 heterocycles. The van der Waals surface area contributed by atoms with Crippen LogP contribution >= 0.6 is 0 Å². The maximum Gasteiger partial charge on any atom is 0.123 e. The van der Waals surface area contributed by atoms with E-state index in [-0.39, 0.29) is 5.82 Å². The number of rotatable bonds is 2. The van der Waals surface area contributed by atoms with Crippen molar-refractivity contribution in [2.24, 2.45) is 5.73 Å². The van der Waals surface area contributed by atoms with Crippen LogP contribution in [0.25, 0.3) is 0 Å². The van der Waals surface area contributed by atoms with Crippen molar-refractivity contribution >= 4 is 0 Å². The van der Waals surface area contributed by atoms with Crippen LogP contribution in [0.15, 0.2) is 24.3 Å². The van der Waals surface area contributed by atoms with Crippen LogP contribution in [0.5, 0.6) is 0 Å². The minimum absolute atomic E-state index is 0.294. The van der Waals surface area contributed by atoms with Crippen molar-refractivity contribution in [1.29, 1.82) is 5.26 Å². The first-order valence-corrected chi connectivity index (χ1v) is 3.62. The van der Waals surface area contributed by atoms with E-state index < -0.39 is 6.04 Å². The number of benzene rings is 1. The van der Waals surface area contributed by atoms with Gasteiger partial charge in [0.05, 0.1) is 12.1 Å². The molecule has 1 aromatic carbocycles. The molecule has 1 aromatic rings. The lowest BCUT2D eigenvalue weighted by Crippen LogP contribution is -2.20. The number of hydrogen-bond donors (Lipinski definition) is 1. The fourth-order valence-electron chi connectivity index (χ4n) is 0.964. The molecule has 12 heavy (non-hydrogen) atoms. The Morgan fingerprint density at radius 1 is 1.58 bits per heavy atom. The average molecular weight is 164 g/mol. The van der Waals surface area contributed by atoms with Crippen molar-refractivity contribution in [2.75, 3.05) is 0 Å². The predicted molar refractivity (Wildman–Crippen MR) is 43.7 cm³/mol. The van der Waals surface area contributed by atoms with Gasteiger partial charge in [0, 0.05) is 6.42 Å². The quantitative estimate of drug-likeness (QED) is 0.714. The Labute approximate surface area is 70.4 Å². The van der Waals surface area contributed by atoms with Crippen LogP contribution in [-0.4, -0.2) is 6.04 Å². The third kappa shape index (κ3) is 2.33. The highest BCUT2D eigenvalue weighted by Gasteiger charge is 2.01. The van der Waals surface area contributed by atoms with E-state index in [9.17, 15) is 4.39 Å². The van der Waals surface area contributed by atoms with Gasteiger partial charge in [0.2, 0.25) is 0 Å². The molecule has 0 radical (unpaired) electrons. The monoisotopic (exact) mass is 164 g/mol. The van der Waals surface area contributed by atoms with Crippen LogP contribution in [0.3, 0.4) is 0 Å². The fourth-order valence-corrected chi connectivity index (χ4v) is 0.964. The summed E-state index contributed by atoms with van der Waals surface area (Å²) in [5, 5.41) is 8.40. The van der Waals surface area contributed by atoms with E-state index in [4.69, 9.17) is 11.0 Å². The summed E-state index contributed by atoms with van der Waals surface area (Å²) in [5.74, 6) is -0.294. The Balaban J connectivity index is 2.71. The molecule has 0 fully saturated rings. The molecule has 0 spiro atoms. The zero-order valence-electron chi connectivity index (χ0n) is 6.50. The fraction of sp³-hybridized carbons (Fsp3) is 0.222. The number of hydrogen-bond acceptors (Lipinski definition) is 2. The molecule has 0 aliphatic heterocycles. The smallest absolute Gasteiger partial charge is 0.123 e. The maximum absolute atomic E-state index is 12.6. The summed E-state index contributed by atoms with van der Waals surface area (Å²) >= 11 is 0. The van der Waals surface area contributed by atoms with Crippen LogP contribution in [-0.2, 0) is 6.42 Å². The van der Waals surface area contributed by atoms with Crippen molar-refractivity contribution in [2.45, 2.75) is 12.5 Å². The largest absolute Gasteiger partial charge is 0.316 e. The molecule has 0 aliphatic carbocycles. The van der Waals surface area contributed by atoms with Crippen molar-refractivity contribution in [1.82, 2.24) is 0 Å². The van der Waals surface area contributed by atoms with Gasteiger partial charge in [-0.25, -0.2) is 4.39 Å². The highest BCUT2D eigenvalue weighted by Crippen LogP contribution is 2.04. The molecule has 3 heteroatoms. The van der Waals surface area contributed by atoms with Crippen LogP contribution < -0.4 is 5.73 Å². The summed E-state index contributed by atoms with van der Waals surface area (Å²) in [5.41, 5.74) is 6.13. The third-order valence-corrected chi connectivity index (χ3v) is 1.51. The van der Waals surface area contributed by atoms with Gasteiger partial charge < -0.3 is 5.73 Å². The zero-order chi connectivity index (χ0) is 8.97. The van der Waals surface area contributed by atoms with Crippen LogP contribution in [0.1, 0.15) is 5.56 Å². The van der Waals surface area contributed by atoms with Crippen molar-refractivity contribution in [3.05, 3.63) is 35.6 Å². The lowest BCUT2D eigenvalue weighted by molar-refractivity contribution is 0.624. The molecule has 2 N–H and O–H groups in total. The van der Waals surface area contributed by atoms with Crippen molar-refractivity contribution < 1.29 is 4.39 Å². The Bertz CT molecular complexity index is 304. The Morgan fingerprint density at radius 3 is 2.92 bits per heavy atom. The molecule has 0 aliphatic rings. The van der Waals surface area contributed by atoms with E-state index >= 15 is 0 Å². The first kappa shape index (κ1) is 8.69. The summed E-state index contributed by atoms with van der Waals surface area (Å²) in [6, 6.07) is 7.44.